The molecule has 0 radical (unpaired) electrons. The molecule has 23 heavy (non-hydrogen) atoms. The van der Waals surface area contributed by atoms with Crippen LogP contribution < -0.4 is 9.80 Å². The standard InChI is InChI=1S/C17H25N3O3/c1-4-7-20(13-14(2)17(21)22-3)15-5-6-16(18-12-15)19-8-10-23-11-9-19/h4-6,12,14H,1,7-11,13H2,2-3H3. The highest BCUT2D eigenvalue weighted by Gasteiger charge is 2.18. The molecule has 0 aromatic carbocycles. The van der Waals surface area contributed by atoms with Crippen molar-refractivity contribution in [1.29, 1.82) is 0 Å². The van der Waals surface area contributed by atoms with Crippen molar-refractivity contribution in [3.63, 3.8) is 0 Å². The van der Waals surface area contributed by atoms with Gasteiger partial charge in [0.2, 0.25) is 0 Å². The monoisotopic (exact) mass is 319 g/mol. The molecule has 1 unspecified atom stereocenters. The summed E-state index contributed by atoms with van der Waals surface area (Å²) in [6.45, 7) is 10.1. The Morgan fingerprint density at radius 3 is 2.83 bits per heavy atom. The van der Waals surface area contributed by atoms with Crippen molar-refractivity contribution in [2.75, 3.05) is 56.3 Å². The normalized spacial score (nSPS) is 15.8. The highest BCUT2D eigenvalue weighted by molar-refractivity contribution is 5.72. The number of hydrogen-bond acceptors (Lipinski definition) is 6. The summed E-state index contributed by atoms with van der Waals surface area (Å²) in [7, 11) is 1.41. The minimum Gasteiger partial charge on any atom is -0.469 e. The molecule has 1 fully saturated rings. The molecule has 1 aromatic rings. The molecule has 1 atom stereocenters. The maximum Gasteiger partial charge on any atom is 0.310 e. The molecule has 0 saturated carbocycles. The van der Waals surface area contributed by atoms with Gasteiger partial charge in [-0.2, -0.15) is 0 Å². The van der Waals surface area contributed by atoms with Crippen molar-refractivity contribution >= 4 is 17.5 Å². The number of carbonyl (C=O) groups excluding carboxylic acids is 1. The van der Waals surface area contributed by atoms with Gasteiger partial charge in [0.05, 0.1) is 38.1 Å². The molecule has 0 bridgehead atoms. The van der Waals surface area contributed by atoms with Crippen LogP contribution in [0.2, 0.25) is 0 Å². The van der Waals surface area contributed by atoms with E-state index in [1.165, 1.54) is 7.11 Å². The number of carbonyl (C=O) groups is 1. The molecule has 2 heterocycles. The van der Waals surface area contributed by atoms with Crippen molar-refractivity contribution in [3.05, 3.63) is 31.0 Å². The number of ether oxygens (including phenoxy) is 2. The summed E-state index contributed by atoms with van der Waals surface area (Å²) >= 11 is 0. The molecule has 1 aliphatic heterocycles. The number of anilines is 2. The van der Waals surface area contributed by atoms with Gasteiger partial charge in [-0.05, 0) is 12.1 Å². The van der Waals surface area contributed by atoms with Crippen LogP contribution in [0.25, 0.3) is 0 Å². The molecular weight excluding hydrogens is 294 g/mol. The second-order valence-electron chi connectivity index (χ2n) is 5.59. The first-order valence-corrected chi connectivity index (χ1v) is 7.88. The Morgan fingerprint density at radius 2 is 2.26 bits per heavy atom. The van der Waals surface area contributed by atoms with Crippen LogP contribution in [0.15, 0.2) is 31.0 Å². The maximum absolute atomic E-state index is 11.6. The Morgan fingerprint density at radius 1 is 1.52 bits per heavy atom. The molecule has 126 valence electrons. The van der Waals surface area contributed by atoms with Gasteiger partial charge in [-0.15, -0.1) is 6.58 Å². The largest absolute Gasteiger partial charge is 0.469 e. The van der Waals surface area contributed by atoms with Crippen molar-refractivity contribution in [2.24, 2.45) is 5.92 Å². The number of esters is 1. The van der Waals surface area contributed by atoms with E-state index in [2.05, 4.69) is 21.4 Å². The summed E-state index contributed by atoms with van der Waals surface area (Å²) in [4.78, 5) is 20.5. The van der Waals surface area contributed by atoms with Crippen LogP contribution in [-0.4, -0.2) is 57.5 Å². The summed E-state index contributed by atoms with van der Waals surface area (Å²) in [5.74, 6) is 0.535. The van der Waals surface area contributed by atoms with Crippen LogP contribution >= 0.6 is 0 Å². The molecule has 1 aromatic heterocycles. The lowest BCUT2D eigenvalue weighted by atomic mass is 10.1. The SMILES string of the molecule is C=CCN(CC(C)C(=O)OC)c1ccc(N2CCOCC2)nc1. The van der Waals surface area contributed by atoms with Crippen LogP contribution in [0, 0.1) is 5.92 Å². The van der Waals surface area contributed by atoms with E-state index in [1.54, 1.807) is 0 Å². The fourth-order valence-electron chi connectivity index (χ4n) is 2.59. The zero-order valence-electron chi connectivity index (χ0n) is 13.9. The topological polar surface area (TPSA) is 54.9 Å². The van der Waals surface area contributed by atoms with E-state index in [1.807, 2.05) is 31.3 Å². The summed E-state index contributed by atoms with van der Waals surface area (Å²) in [5.41, 5.74) is 0.970. The minimum absolute atomic E-state index is 0.209. The lowest BCUT2D eigenvalue weighted by Gasteiger charge is -2.29. The summed E-state index contributed by atoms with van der Waals surface area (Å²) < 4.78 is 10.2. The third-order valence-corrected chi connectivity index (χ3v) is 3.88. The fourth-order valence-corrected chi connectivity index (χ4v) is 2.59. The average molecular weight is 319 g/mol. The molecule has 2 rings (SSSR count). The van der Waals surface area contributed by atoms with Gasteiger partial charge in [0.15, 0.2) is 0 Å². The Kier molecular flexibility index (Phi) is 6.40. The zero-order chi connectivity index (χ0) is 16.7. The number of pyridine rings is 1. The molecule has 0 spiro atoms. The molecule has 0 N–H and O–H groups in total. The molecule has 1 aliphatic rings. The summed E-state index contributed by atoms with van der Waals surface area (Å²) in [6, 6.07) is 4.05. The van der Waals surface area contributed by atoms with Crippen molar-refractivity contribution in [3.8, 4) is 0 Å². The van der Waals surface area contributed by atoms with Crippen LogP contribution in [0.4, 0.5) is 11.5 Å². The number of nitrogens with zero attached hydrogens (tertiary/aromatic N) is 3. The maximum atomic E-state index is 11.6. The van der Waals surface area contributed by atoms with E-state index in [9.17, 15) is 4.79 Å². The van der Waals surface area contributed by atoms with E-state index in [4.69, 9.17) is 9.47 Å². The van der Waals surface area contributed by atoms with E-state index in [0.717, 1.165) is 37.8 Å². The van der Waals surface area contributed by atoms with E-state index in [-0.39, 0.29) is 11.9 Å². The Bertz CT molecular complexity index is 512. The van der Waals surface area contributed by atoms with Crippen LogP contribution in [-0.2, 0) is 14.3 Å². The average Bonchev–Trinajstić information content (AvgIpc) is 2.61. The molecular formula is C17H25N3O3. The highest BCUT2D eigenvalue weighted by atomic mass is 16.5. The molecule has 0 aliphatic carbocycles. The Labute approximate surface area is 137 Å². The summed E-state index contributed by atoms with van der Waals surface area (Å²) in [5, 5.41) is 0. The van der Waals surface area contributed by atoms with Crippen LogP contribution in [0.5, 0.6) is 0 Å². The van der Waals surface area contributed by atoms with Crippen LogP contribution in [0.1, 0.15) is 6.92 Å². The van der Waals surface area contributed by atoms with Gasteiger partial charge in [0, 0.05) is 26.2 Å². The van der Waals surface area contributed by atoms with Crippen LogP contribution in [0.3, 0.4) is 0 Å². The lowest BCUT2D eigenvalue weighted by molar-refractivity contribution is -0.144. The number of methoxy groups -OCH3 is 1. The van der Waals surface area contributed by atoms with E-state index in [0.29, 0.717) is 13.1 Å². The van der Waals surface area contributed by atoms with Gasteiger partial charge in [0.1, 0.15) is 5.82 Å². The Hall–Kier alpha value is -2.08. The molecule has 1 saturated heterocycles. The quantitative estimate of drug-likeness (QED) is 0.563. The minimum atomic E-state index is -0.211. The third-order valence-electron chi connectivity index (χ3n) is 3.88. The number of rotatable bonds is 7. The number of hydrogen-bond donors (Lipinski definition) is 0. The second kappa shape index (κ2) is 8.53. The third kappa shape index (κ3) is 4.69. The van der Waals surface area contributed by atoms with Crippen molar-refractivity contribution in [2.45, 2.75) is 6.92 Å². The zero-order valence-corrected chi connectivity index (χ0v) is 13.9. The first-order chi connectivity index (χ1) is 11.2. The van der Waals surface area contributed by atoms with Crippen molar-refractivity contribution in [1.82, 2.24) is 4.98 Å². The van der Waals surface area contributed by atoms with Gasteiger partial charge in [-0.1, -0.05) is 13.0 Å². The van der Waals surface area contributed by atoms with Gasteiger partial charge >= 0.3 is 5.97 Å². The summed E-state index contributed by atoms with van der Waals surface area (Å²) in [6.07, 6.45) is 3.66. The smallest absolute Gasteiger partial charge is 0.310 e. The molecule has 0 amide bonds. The number of morpholine rings is 1. The predicted octanol–water partition coefficient (Wildman–Crippen LogP) is 1.72. The lowest BCUT2D eigenvalue weighted by Crippen LogP contribution is -2.37. The van der Waals surface area contributed by atoms with Gasteiger partial charge in [-0.3, -0.25) is 4.79 Å². The second-order valence-corrected chi connectivity index (χ2v) is 5.59. The first-order valence-electron chi connectivity index (χ1n) is 7.88. The Balaban J connectivity index is 2.06. The molecule has 6 nitrogen and oxygen atoms in total. The van der Waals surface area contributed by atoms with Crippen molar-refractivity contribution < 1.29 is 14.3 Å². The molecule has 6 heteroatoms. The van der Waals surface area contributed by atoms with E-state index < -0.39 is 0 Å². The first kappa shape index (κ1) is 17.3. The fraction of sp³-hybridized carbons (Fsp3) is 0.529. The van der Waals surface area contributed by atoms with E-state index >= 15 is 0 Å². The predicted molar refractivity (Wildman–Crippen MR) is 90.9 cm³/mol. The highest BCUT2D eigenvalue weighted by Crippen LogP contribution is 2.20. The van der Waals surface area contributed by atoms with Gasteiger partial charge < -0.3 is 19.3 Å². The number of aromatic nitrogens is 1. The van der Waals surface area contributed by atoms with Gasteiger partial charge in [-0.25, -0.2) is 4.98 Å². The van der Waals surface area contributed by atoms with Gasteiger partial charge in [0.25, 0.3) is 0 Å².